The van der Waals surface area contributed by atoms with Gasteiger partial charge in [0.1, 0.15) is 5.15 Å². The monoisotopic (exact) mass is 274 g/mol. The van der Waals surface area contributed by atoms with E-state index in [1.165, 1.54) is 12.3 Å². The minimum atomic E-state index is -0.203. The number of rotatable bonds is 5. The van der Waals surface area contributed by atoms with E-state index in [2.05, 4.69) is 24.1 Å². The van der Waals surface area contributed by atoms with E-state index in [0.717, 1.165) is 12.8 Å². The number of carbonyl (C=O) groups is 1. The van der Waals surface area contributed by atoms with E-state index in [4.69, 9.17) is 23.2 Å². The summed E-state index contributed by atoms with van der Waals surface area (Å²) in [6.07, 6.45) is 3.47. The zero-order valence-electron chi connectivity index (χ0n) is 9.96. The first-order chi connectivity index (χ1) is 8.08. The number of nitrogens with zero attached hydrogens (tertiary/aromatic N) is 1. The first-order valence-electron chi connectivity index (χ1n) is 5.67. The zero-order valence-corrected chi connectivity index (χ0v) is 11.5. The average molecular weight is 275 g/mol. The number of hydrogen-bond acceptors (Lipinski definition) is 2. The van der Waals surface area contributed by atoms with Crippen molar-refractivity contribution in [2.75, 3.05) is 6.54 Å². The van der Waals surface area contributed by atoms with Gasteiger partial charge in [-0.1, -0.05) is 49.9 Å². The molecule has 0 saturated heterocycles. The molecule has 3 nitrogen and oxygen atoms in total. The second-order valence-electron chi connectivity index (χ2n) is 3.88. The minimum Gasteiger partial charge on any atom is -0.352 e. The van der Waals surface area contributed by atoms with Crippen molar-refractivity contribution in [2.24, 2.45) is 5.92 Å². The van der Waals surface area contributed by atoms with Crippen LogP contribution < -0.4 is 5.32 Å². The minimum absolute atomic E-state index is 0.203. The van der Waals surface area contributed by atoms with Crippen molar-refractivity contribution in [1.29, 1.82) is 0 Å². The molecule has 5 heteroatoms. The molecule has 0 aromatic carbocycles. The Balaban J connectivity index is 2.66. The highest BCUT2D eigenvalue weighted by Crippen LogP contribution is 2.18. The van der Waals surface area contributed by atoms with Crippen molar-refractivity contribution in [3.8, 4) is 0 Å². The summed E-state index contributed by atoms with van der Waals surface area (Å²) in [5.74, 6) is 0.293. The van der Waals surface area contributed by atoms with Crippen LogP contribution in [0.1, 0.15) is 37.0 Å². The average Bonchev–Trinajstić information content (AvgIpc) is 2.33. The van der Waals surface area contributed by atoms with Gasteiger partial charge in [-0.25, -0.2) is 4.98 Å². The fourth-order valence-electron chi connectivity index (χ4n) is 1.50. The predicted molar refractivity (Wildman–Crippen MR) is 70.7 cm³/mol. The highest BCUT2D eigenvalue weighted by Gasteiger charge is 2.12. The van der Waals surface area contributed by atoms with Crippen LogP contribution in [0.25, 0.3) is 0 Å². The number of nitrogens with one attached hydrogen (secondary N) is 1. The molecule has 1 aromatic rings. The number of aromatic nitrogens is 1. The molecule has 0 aliphatic carbocycles. The Labute approximate surface area is 112 Å². The van der Waals surface area contributed by atoms with Crippen LogP contribution in [-0.2, 0) is 0 Å². The maximum Gasteiger partial charge on any atom is 0.252 e. The lowest BCUT2D eigenvalue weighted by molar-refractivity contribution is 0.0946. The SMILES string of the molecule is CCC(CC)CNC(=O)c1cc(Cl)ncc1Cl. The standard InChI is InChI=1S/C12H16Cl2N2O/c1-3-8(4-2)6-16-12(17)9-5-11(14)15-7-10(9)13/h5,7-8H,3-4,6H2,1-2H3,(H,16,17). The first kappa shape index (κ1) is 14.3. The van der Waals surface area contributed by atoms with Crippen molar-refractivity contribution in [2.45, 2.75) is 26.7 Å². The van der Waals surface area contributed by atoms with Crippen molar-refractivity contribution in [3.63, 3.8) is 0 Å². The molecular weight excluding hydrogens is 259 g/mol. The van der Waals surface area contributed by atoms with Gasteiger partial charge < -0.3 is 5.32 Å². The van der Waals surface area contributed by atoms with E-state index < -0.39 is 0 Å². The topological polar surface area (TPSA) is 42.0 Å². The fraction of sp³-hybridized carbons (Fsp3) is 0.500. The van der Waals surface area contributed by atoms with E-state index in [-0.39, 0.29) is 11.1 Å². The molecule has 0 atom stereocenters. The molecule has 0 aliphatic rings. The van der Waals surface area contributed by atoms with Gasteiger partial charge in [0.15, 0.2) is 0 Å². The quantitative estimate of drug-likeness (QED) is 0.835. The molecule has 1 amide bonds. The Morgan fingerprint density at radius 1 is 1.41 bits per heavy atom. The Hall–Kier alpha value is -0.800. The van der Waals surface area contributed by atoms with Crippen molar-refractivity contribution < 1.29 is 4.79 Å². The number of amides is 1. The summed E-state index contributed by atoms with van der Waals surface area (Å²) in [4.78, 5) is 15.7. The summed E-state index contributed by atoms with van der Waals surface area (Å²) in [6.45, 7) is 4.87. The van der Waals surface area contributed by atoms with Crippen LogP contribution in [0.4, 0.5) is 0 Å². The molecule has 0 radical (unpaired) electrons. The Kier molecular flexibility index (Phi) is 5.72. The molecule has 1 heterocycles. The molecule has 0 fully saturated rings. The smallest absolute Gasteiger partial charge is 0.252 e. The number of hydrogen-bond donors (Lipinski definition) is 1. The molecule has 0 spiro atoms. The second kappa shape index (κ2) is 6.82. The van der Waals surface area contributed by atoms with Crippen LogP contribution in [0.5, 0.6) is 0 Å². The third-order valence-electron chi connectivity index (χ3n) is 2.77. The summed E-state index contributed by atoms with van der Waals surface area (Å²) in [5.41, 5.74) is 0.373. The number of pyridine rings is 1. The van der Waals surface area contributed by atoms with Gasteiger partial charge in [-0.3, -0.25) is 4.79 Å². The zero-order chi connectivity index (χ0) is 12.8. The molecular formula is C12H16Cl2N2O. The molecule has 1 aromatic heterocycles. The summed E-state index contributed by atoms with van der Waals surface area (Å²) in [5, 5.41) is 3.44. The molecule has 0 saturated carbocycles. The lowest BCUT2D eigenvalue weighted by Crippen LogP contribution is -2.29. The van der Waals surface area contributed by atoms with Crippen LogP contribution in [0, 0.1) is 5.92 Å². The van der Waals surface area contributed by atoms with Gasteiger partial charge in [0, 0.05) is 12.7 Å². The van der Waals surface area contributed by atoms with Gasteiger partial charge in [-0.15, -0.1) is 0 Å². The van der Waals surface area contributed by atoms with Gasteiger partial charge in [-0.2, -0.15) is 0 Å². The fourth-order valence-corrected chi connectivity index (χ4v) is 1.84. The largest absolute Gasteiger partial charge is 0.352 e. The summed E-state index contributed by atoms with van der Waals surface area (Å²) >= 11 is 11.6. The Bertz CT molecular complexity index is 392. The van der Waals surface area contributed by atoms with Gasteiger partial charge >= 0.3 is 0 Å². The van der Waals surface area contributed by atoms with Gasteiger partial charge in [-0.05, 0) is 12.0 Å². The van der Waals surface area contributed by atoms with E-state index >= 15 is 0 Å². The number of carbonyl (C=O) groups excluding carboxylic acids is 1. The molecule has 0 bridgehead atoms. The van der Waals surface area contributed by atoms with E-state index in [1.807, 2.05) is 0 Å². The van der Waals surface area contributed by atoms with Crippen LogP contribution in [-0.4, -0.2) is 17.4 Å². The van der Waals surface area contributed by atoms with E-state index in [0.29, 0.717) is 23.0 Å². The van der Waals surface area contributed by atoms with Crippen molar-refractivity contribution in [1.82, 2.24) is 10.3 Å². The van der Waals surface area contributed by atoms with Crippen LogP contribution in [0.3, 0.4) is 0 Å². The van der Waals surface area contributed by atoms with Gasteiger partial charge in [0.2, 0.25) is 0 Å². The molecule has 17 heavy (non-hydrogen) atoms. The van der Waals surface area contributed by atoms with Crippen molar-refractivity contribution >= 4 is 29.1 Å². The summed E-state index contributed by atoms with van der Waals surface area (Å²) in [7, 11) is 0. The molecule has 94 valence electrons. The third kappa shape index (κ3) is 4.17. The second-order valence-corrected chi connectivity index (χ2v) is 4.67. The molecule has 0 unspecified atom stereocenters. The Morgan fingerprint density at radius 3 is 2.65 bits per heavy atom. The Morgan fingerprint density at radius 2 is 2.06 bits per heavy atom. The highest BCUT2D eigenvalue weighted by molar-refractivity contribution is 6.35. The summed E-state index contributed by atoms with van der Waals surface area (Å²) in [6, 6.07) is 1.48. The maximum atomic E-state index is 11.9. The van der Waals surface area contributed by atoms with Crippen LogP contribution >= 0.6 is 23.2 Å². The van der Waals surface area contributed by atoms with E-state index in [1.54, 1.807) is 0 Å². The first-order valence-corrected chi connectivity index (χ1v) is 6.43. The van der Waals surface area contributed by atoms with Crippen LogP contribution in [0.15, 0.2) is 12.3 Å². The van der Waals surface area contributed by atoms with Crippen LogP contribution in [0.2, 0.25) is 10.2 Å². The highest BCUT2D eigenvalue weighted by atomic mass is 35.5. The molecule has 1 rings (SSSR count). The van der Waals surface area contributed by atoms with Gasteiger partial charge in [0.05, 0.1) is 10.6 Å². The predicted octanol–water partition coefficient (Wildman–Crippen LogP) is 3.55. The van der Waals surface area contributed by atoms with Gasteiger partial charge in [0.25, 0.3) is 5.91 Å². The maximum absolute atomic E-state index is 11.9. The number of halogens is 2. The van der Waals surface area contributed by atoms with E-state index in [9.17, 15) is 4.79 Å². The molecule has 0 aliphatic heterocycles. The molecule has 1 N–H and O–H groups in total. The summed E-state index contributed by atoms with van der Waals surface area (Å²) < 4.78 is 0. The normalized spacial score (nSPS) is 10.6. The van der Waals surface area contributed by atoms with Crippen molar-refractivity contribution in [3.05, 3.63) is 28.0 Å². The lowest BCUT2D eigenvalue weighted by Gasteiger charge is -2.13. The third-order valence-corrected chi connectivity index (χ3v) is 3.28. The lowest BCUT2D eigenvalue weighted by atomic mass is 10.0.